The molecule has 10 nitrogen and oxygen atoms in total. The molecule has 1 fully saturated rings. The largest absolute Gasteiger partial charge is 0.480 e. The lowest BCUT2D eigenvalue weighted by molar-refractivity contribution is -0.159. The monoisotopic (exact) mass is 445 g/mol. The summed E-state index contributed by atoms with van der Waals surface area (Å²) < 4.78 is 10.5. The second-order valence-corrected chi connectivity index (χ2v) is 7.17. The molecular weight excluding hydrogens is 418 g/mol. The molecule has 11 heteroatoms. The van der Waals surface area contributed by atoms with Crippen LogP contribution in [0.2, 0.25) is 5.02 Å². The number of hydrogen-bond donors (Lipinski definition) is 3. The normalized spacial score (nSPS) is 14.4. The number of carboxylic acid groups (broad SMARTS) is 2. The van der Waals surface area contributed by atoms with Gasteiger partial charge in [0.1, 0.15) is 11.4 Å². The van der Waals surface area contributed by atoms with Crippen molar-refractivity contribution in [1.29, 1.82) is 0 Å². The van der Waals surface area contributed by atoms with E-state index in [-0.39, 0.29) is 22.3 Å². The Morgan fingerprint density at radius 2 is 1.87 bits per heavy atom. The third-order valence-electron chi connectivity index (χ3n) is 4.55. The third-order valence-corrected chi connectivity index (χ3v) is 4.85. The quantitative estimate of drug-likeness (QED) is 0.420. The number of aromatic nitrogens is 1. The summed E-state index contributed by atoms with van der Waals surface area (Å²) in [6.07, 6.45) is 4.56. The van der Waals surface area contributed by atoms with E-state index in [0.29, 0.717) is 12.5 Å². The first-order valence-electron chi connectivity index (χ1n) is 9.55. The molecule has 1 aliphatic heterocycles. The molecule has 1 aromatic heterocycles. The number of methoxy groups -OCH3 is 1. The summed E-state index contributed by atoms with van der Waals surface area (Å²) in [4.78, 5) is 36.9. The van der Waals surface area contributed by atoms with Gasteiger partial charge in [-0.15, -0.1) is 0 Å². The van der Waals surface area contributed by atoms with E-state index in [9.17, 15) is 4.79 Å². The van der Waals surface area contributed by atoms with Gasteiger partial charge in [0, 0.05) is 0 Å². The standard InChI is InChI=1S/C17H26ClN3O3.C2H2O4/c1-3-4-7-21-8-5-12(6-9-21)11-24-17(22)13-10-14(18)15(19)20-16(13)23-2;3-1(4)2(5)6/h10,12H,3-9,11H2,1-2H3,(H2,19,20);(H,3,4)(H,5,6). The minimum atomic E-state index is -1.82. The highest BCUT2D eigenvalue weighted by atomic mass is 35.5. The molecule has 0 aromatic carbocycles. The van der Waals surface area contributed by atoms with E-state index in [1.807, 2.05) is 0 Å². The zero-order chi connectivity index (χ0) is 22.7. The number of halogens is 1. The highest BCUT2D eigenvalue weighted by molar-refractivity contribution is 6.33. The number of unbranched alkanes of at least 4 members (excludes halogenated alkanes) is 1. The van der Waals surface area contributed by atoms with Crippen LogP contribution in [0.5, 0.6) is 5.88 Å². The second-order valence-electron chi connectivity index (χ2n) is 6.76. The number of nitrogen functional groups attached to an aromatic ring is 1. The SMILES string of the molecule is CCCCN1CCC(COC(=O)c2cc(Cl)c(N)nc2OC)CC1.O=C(O)C(=O)O. The van der Waals surface area contributed by atoms with Gasteiger partial charge in [0.15, 0.2) is 0 Å². The topological polar surface area (TPSA) is 152 Å². The number of rotatable bonds is 7. The number of anilines is 1. The number of carboxylic acids is 2. The molecule has 0 radical (unpaired) electrons. The maximum Gasteiger partial charge on any atom is 0.414 e. The summed E-state index contributed by atoms with van der Waals surface area (Å²) >= 11 is 5.94. The number of ether oxygens (including phenoxy) is 2. The molecular formula is C19H28ClN3O7. The maximum atomic E-state index is 12.3. The summed E-state index contributed by atoms with van der Waals surface area (Å²) in [6, 6.07) is 1.44. The Bertz CT molecular complexity index is 725. The van der Waals surface area contributed by atoms with Gasteiger partial charge < -0.3 is 30.3 Å². The lowest BCUT2D eigenvalue weighted by Gasteiger charge is -2.31. The molecule has 0 spiro atoms. The fraction of sp³-hybridized carbons (Fsp3) is 0.579. The van der Waals surface area contributed by atoms with E-state index < -0.39 is 17.9 Å². The first-order valence-corrected chi connectivity index (χ1v) is 9.93. The van der Waals surface area contributed by atoms with Crippen molar-refractivity contribution >= 4 is 35.3 Å². The van der Waals surface area contributed by atoms with Gasteiger partial charge in [-0.2, -0.15) is 4.98 Å². The molecule has 0 atom stereocenters. The first kappa shape index (κ1) is 25.4. The van der Waals surface area contributed by atoms with Gasteiger partial charge in [-0.05, 0) is 50.9 Å². The lowest BCUT2D eigenvalue weighted by atomic mass is 9.97. The number of nitrogens with zero attached hydrogens (tertiary/aromatic N) is 2. The van der Waals surface area contributed by atoms with E-state index in [4.69, 9.17) is 46.6 Å². The van der Waals surface area contributed by atoms with Crippen molar-refractivity contribution in [3.05, 3.63) is 16.7 Å². The smallest absolute Gasteiger partial charge is 0.414 e. The van der Waals surface area contributed by atoms with Crippen LogP contribution in [0.15, 0.2) is 6.07 Å². The van der Waals surface area contributed by atoms with Crippen LogP contribution < -0.4 is 10.5 Å². The molecule has 2 rings (SSSR count). The highest BCUT2D eigenvalue weighted by Crippen LogP contribution is 2.26. The predicted molar refractivity (Wildman–Crippen MR) is 110 cm³/mol. The zero-order valence-corrected chi connectivity index (χ0v) is 17.9. The van der Waals surface area contributed by atoms with Crippen LogP contribution >= 0.6 is 11.6 Å². The highest BCUT2D eigenvalue weighted by Gasteiger charge is 2.22. The molecule has 1 aliphatic rings. The number of hydrogen-bond acceptors (Lipinski definition) is 8. The molecule has 0 amide bonds. The molecule has 168 valence electrons. The summed E-state index contributed by atoms with van der Waals surface area (Å²) in [6.45, 7) is 5.92. The van der Waals surface area contributed by atoms with E-state index in [2.05, 4.69) is 16.8 Å². The van der Waals surface area contributed by atoms with Gasteiger partial charge in [-0.3, -0.25) is 0 Å². The molecule has 1 aromatic rings. The number of esters is 1. The average Bonchev–Trinajstić information content (AvgIpc) is 2.73. The van der Waals surface area contributed by atoms with Crippen LogP contribution in [0.3, 0.4) is 0 Å². The van der Waals surface area contributed by atoms with Crippen molar-refractivity contribution in [2.24, 2.45) is 5.92 Å². The van der Waals surface area contributed by atoms with Gasteiger partial charge in [-0.1, -0.05) is 24.9 Å². The van der Waals surface area contributed by atoms with E-state index in [0.717, 1.165) is 32.5 Å². The number of piperidine rings is 1. The van der Waals surface area contributed by atoms with Gasteiger partial charge in [-0.25, -0.2) is 14.4 Å². The van der Waals surface area contributed by atoms with E-state index in [1.54, 1.807) is 0 Å². The summed E-state index contributed by atoms with van der Waals surface area (Å²) in [5.41, 5.74) is 5.83. The van der Waals surface area contributed by atoms with Gasteiger partial charge >= 0.3 is 17.9 Å². The first-order chi connectivity index (χ1) is 14.2. The van der Waals surface area contributed by atoms with Crippen molar-refractivity contribution < 1.29 is 34.1 Å². The van der Waals surface area contributed by atoms with Gasteiger partial charge in [0.05, 0.1) is 18.7 Å². The summed E-state index contributed by atoms with van der Waals surface area (Å²) in [7, 11) is 1.43. The maximum absolute atomic E-state index is 12.3. The molecule has 30 heavy (non-hydrogen) atoms. The number of pyridine rings is 1. The third kappa shape index (κ3) is 8.42. The summed E-state index contributed by atoms with van der Waals surface area (Å²) in [5, 5.41) is 15.0. The van der Waals surface area contributed by atoms with Gasteiger partial charge in [0.2, 0.25) is 5.88 Å². The zero-order valence-electron chi connectivity index (χ0n) is 17.1. The Balaban J connectivity index is 0.000000656. The average molecular weight is 446 g/mol. The van der Waals surface area contributed by atoms with Crippen LogP contribution in [-0.4, -0.2) is 71.4 Å². The van der Waals surface area contributed by atoms with Crippen LogP contribution in [0, 0.1) is 5.92 Å². The summed E-state index contributed by atoms with van der Waals surface area (Å²) in [5.74, 6) is -3.46. The van der Waals surface area contributed by atoms with Crippen molar-refractivity contribution in [3.8, 4) is 5.88 Å². The van der Waals surface area contributed by atoms with Crippen molar-refractivity contribution in [3.63, 3.8) is 0 Å². The van der Waals surface area contributed by atoms with Crippen LogP contribution in [0.25, 0.3) is 0 Å². The van der Waals surface area contributed by atoms with E-state index >= 15 is 0 Å². The molecule has 4 N–H and O–H groups in total. The molecule has 0 unspecified atom stereocenters. The number of likely N-dealkylation sites (tertiary alicyclic amines) is 1. The Kier molecular flexibility index (Phi) is 10.9. The van der Waals surface area contributed by atoms with Crippen LogP contribution in [0.4, 0.5) is 5.82 Å². The van der Waals surface area contributed by atoms with Crippen molar-refractivity contribution in [1.82, 2.24) is 9.88 Å². The molecule has 2 heterocycles. The van der Waals surface area contributed by atoms with Crippen molar-refractivity contribution in [2.45, 2.75) is 32.6 Å². The Morgan fingerprint density at radius 3 is 2.37 bits per heavy atom. The molecule has 0 aliphatic carbocycles. The second kappa shape index (κ2) is 12.9. The van der Waals surface area contributed by atoms with Crippen LogP contribution in [0.1, 0.15) is 43.0 Å². The minimum Gasteiger partial charge on any atom is -0.480 e. The predicted octanol–water partition coefficient (Wildman–Crippen LogP) is 2.15. The molecule has 0 saturated carbocycles. The lowest BCUT2D eigenvalue weighted by Crippen LogP contribution is -2.36. The molecule has 0 bridgehead atoms. The fourth-order valence-electron chi connectivity index (χ4n) is 2.82. The molecule has 1 saturated heterocycles. The number of aliphatic carboxylic acids is 2. The van der Waals surface area contributed by atoms with Gasteiger partial charge in [0.25, 0.3) is 0 Å². The Hall–Kier alpha value is -2.59. The minimum absolute atomic E-state index is 0.129. The van der Waals surface area contributed by atoms with Crippen molar-refractivity contribution in [2.75, 3.05) is 39.1 Å². The number of carbonyl (C=O) groups excluding carboxylic acids is 1. The number of carbonyl (C=O) groups is 3. The Labute approximate surface area is 179 Å². The Morgan fingerprint density at radius 1 is 1.27 bits per heavy atom. The fourth-order valence-corrected chi connectivity index (χ4v) is 2.97. The number of nitrogens with two attached hydrogens (primary N) is 1. The van der Waals surface area contributed by atoms with E-state index in [1.165, 1.54) is 26.0 Å². The van der Waals surface area contributed by atoms with Crippen LogP contribution in [-0.2, 0) is 14.3 Å².